The molecule has 0 bridgehead atoms. The Labute approximate surface area is 195 Å². The second-order valence-corrected chi connectivity index (χ2v) is 8.97. The van der Waals surface area contributed by atoms with E-state index < -0.39 is 61.9 Å². The Balaban J connectivity index is 1.77. The summed E-state index contributed by atoms with van der Waals surface area (Å²) < 4.78 is 88.2. The Morgan fingerprint density at radius 1 is 1.06 bits per heavy atom. The van der Waals surface area contributed by atoms with E-state index in [-0.39, 0.29) is 22.7 Å². The fourth-order valence-electron chi connectivity index (χ4n) is 3.69. The molecule has 35 heavy (non-hydrogen) atoms. The Bertz CT molecular complexity index is 1460. The molecule has 1 aliphatic rings. The van der Waals surface area contributed by atoms with Gasteiger partial charge in [-0.3, -0.25) is 9.59 Å². The maximum Gasteiger partial charge on any atom is 0.324 e. The molecule has 0 aromatic heterocycles. The van der Waals surface area contributed by atoms with Gasteiger partial charge in [0.15, 0.2) is 34.4 Å². The van der Waals surface area contributed by atoms with E-state index in [1.54, 1.807) is 19.1 Å². The van der Waals surface area contributed by atoms with Gasteiger partial charge in [0.1, 0.15) is 5.56 Å². The number of nitrogens with one attached hydrogen (secondary N) is 1. The minimum absolute atomic E-state index is 0.0362. The summed E-state index contributed by atoms with van der Waals surface area (Å²) in [6, 6.07) is 8.88. The summed E-state index contributed by atoms with van der Waals surface area (Å²) in [5.74, 6) is -12.1. The van der Waals surface area contributed by atoms with Gasteiger partial charge in [-0.2, -0.15) is 13.5 Å². The number of aliphatic hydroxyl groups excluding tert-OH is 1. The minimum atomic E-state index is -5.78. The lowest BCUT2D eigenvalue weighted by Gasteiger charge is -2.31. The van der Waals surface area contributed by atoms with Gasteiger partial charge >= 0.3 is 10.1 Å². The lowest BCUT2D eigenvalue weighted by Crippen LogP contribution is -2.40. The van der Waals surface area contributed by atoms with Crippen molar-refractivity contribution in [3.05, 3.63) is 76.4 Å². The molecule has 2 N–H and O–H groups in total. The smallest absolute Gasteiger partial charge is 0.324 e. The highest BCUT2D eigenvalue weighted by Gasteiger charge is 2.41. The number of carbonyl (C=O) groups is 2. The van der Waals surface area contributed by atoms with Crippen molar-refractivity contribution in [2.24, 2.45) is 0 Å². The topological polar surface area (TPSA) is 113 Å². The van der Waals surface area contributed by atoms with E-state index in [1.165, 1.54) is 24.3 Å². The first-order valence-electron chi connectivity index (χ1n) is 10.1. The summed E-state index contributed by atoms with van der Waals surface area (Å²) in [6.45, 7) is 1.53. The summed E-state index contributed by atoms with van der Waals surface area (Å²) >= 11 is 0. The number of hydrogen-bond donors (Lipinski definition) is 2. The molecule has 1 heterocycles. The number of amides is 2. The van der Waals surface area contributed by atoms with Crippen molar-refractivity contribution in [3.63, 3.8) is 0 Å². The molecule has 3 aromatic rings. The lowest BCUT2D eigenvalue weighted by atomic mass is 9.94. The van der Waals surface area contributed by atoms with Crippen LogP contribution in [-0.2, 0) is 14.4 Å². The zero-order valence-electron chi connectivity index (χ0n) is 17.8. The average molecular weight is 512 g/mol. The van der Waals surface area contributed by atoms with Crippen molar-refractivity contribution >= 4 is 32.7 Å². The first-order valence-corrected chi connectivity index (χ1v) is 11.5. The van der Waals surface area contributed by atoms with Gasteiger partial charge in [0.2, 0.25) is 0 Å². The highest BCUT2D eigenvalue weighted by molar-refractivity contribution is 7.86. The average Bonchev–Trinajstić information content (AvgIpc) is 2.82. The van der Waals surface area contributed by atoms with Gasteiger partial charge in [-0.1, -0.05) is 37.3 Å². The van der Waals surface area contributed by atoms with Crippen LogP contribution in [-0.4, -0.2) is 36.9 Å². The third-order valence-corrected chi connectivity index (χ3v) is 6.50. The Morgan fingerprint density at radius 3 is 2.26 bits per heavy atom. The molecular formula is C22H16F4N2O6S. The van der Waals surface area contributed by atoms with E-state index in [4.69, 9.17) is 0 Å². The van der Waals surface area contributed by atoms with Crippen LogP contribution in [0.5, 0.6) is 0 Å². The molecule has 2 amide bonds. The van der Waals surface area contributed by atoms with Crippen LogP contribution in [0.4, 0.5) is 17.6 Å². The summed E-state index contributed by atoms with van der Waals surface area (Å²) in [6.07, 6.45) is -1.71. The van der Waals surface area contributed by atoms with E-state index in [9.17, 15) is 40.7 Å². The summed E-state index contributed by atoms with van der Waals surface area (Å²) in [4.78, 5) is 22.6. The van der Waals surface area contributed by atoms with Crippen molar-refractivity contribution < 1.29 is 45.0 Å². The number of carbonyl (C=O) groups excluding carboxylic acids is 2. The molecular weight excluding hydrogens is 496 g/mol. The molecule has 13 heteroatoms. The van der Waals surface area contributed by atoms with Crippen LogP contribution in [0.1, 0.15) is 45.9 Å². The third-order valence-electron chi connectivity index (χ3n) is 5.28. The molecule has 4 rings (SSSR count). The molecule has 1 atom stereocenters. The number of hydrogen-bond acceptors (Lipinski definition) is 6. The second kappa shape index (κ2) is 8.91. The van der Waals surface area contributed by atoms with Gasteiger partial charge in [-0.25, -0.2) is 17.6 Å². The molecule has 0 spiro atoms. The molecule has 1 aliphatic heterocycles. The number of halogens is 4. The fraction of sp³-hybridized carbons (Fsp3) is 0.182. The largest absolute Gasteiger partial charge is 0.367 e. The second-order valence-electron chi connectivity index (χ2n) is 7.50. The molecule has 0 saturated carbocycles. The maximum atomic E-state index is 14.7. The number of hydroxylamine groups is 2. The van der Waals surface area contributed by atoms with Crippen LogP contribution in [0.2, 0.25) is 0 Å². The zero-order chi connectivity index (χ0) is 25.7. The first kappa shape index (κ1) is 24.6. The molecule has 0 aliphatic carbocycles. The maximum absolute atomic E-state index is 14.7. The van der Waals surface area contributed by atoms with Gasteiger partial charge in [0.05, 0.1) is 5.56 Å². The summed E-state index contributed by atoms with van der Waals surface area (Å²) in [7, 11) is -5.78. The number of aliphatic hydroxyl groups is 1. The Hall–Kier alpha value is -3.55. The van der Waals surface area contributed by atoms with E-state index >= 15 is 0 Å². The van der Waals surface area contributed by atoms with Crippen LogP contribution in [0.3, 0.4) is 0 Å². The zero-order valence-corrected chi connectivity index (χ0v) is 18.6. The normalized spacial score (nSPS) is 15.5. The molecule has 0 radical (unpaired) electrons. The standard InChI is InChI=1S/C22H16F4N2O6S/c1-2-9-27-20(29)14-15(23)17(25)19(18(26)16(14)24)35(32,33)34-28-21(30)11-7-3-5-10-6-4-8-12(13(10)11)22(28)31/h3-8,21,30H,2,9H2,1H3,(H,27,29). The molecule has 0 saturated heterocycles. The van der Waals surface area contributed by atoms with E-state index in [1.807, 2.05) is 5.32 Å². The fourth-order valence-corrected chi connectivity index (χ4v) is 4.75. The van der Waals surface area contributed by atoms with E-state index in [2.05, 4.69) is 4.28 Å². The van der Waals surface area contributed by atoms with E-state index in [0.717, 1.165) is 0 Å². The van der Waals surface area contributed by atoms with Crippen LogP contribution in [0.15, 0.2) is 41.3 Å². The molecule has 184 valence electrons. The number of rotatable bonds is 6. The van der Waals surface area contributed by atoms with Gasteiger partial charge in [0, 0.05) is 17.5 Å². The summed E-state index contributed by atoms with van der Waals surface area (Å²) in [5.41, 5.74) is -1.73. The predicted octanol–water partition coefficient (Wildman–Crippen LogP) is 3.30. The quantitative estimate of drug-likeness (QED) is 0.387. The van der Waals surface area contributed by atoms with E-state index in [0.29, 0.717) is 17.2 Å². The lowest BCUT2D eigenvalue weighted by molar-refractivity contribution is -0.135. The first-order chi connectivity index (χ1) is 16.5. The third kappa shape index (κ3) is 3.90. The minimum Gasteiger partial charge on any atom is -0.367 e. The summed E-state index contributed by atoms with van der Waals surface area (Å²) in [5, 5.41) is 13.4. The van der Waals surface area contributed by atoms with Crippen LogP contribution >= 0.6 is 0 Å². The van der Waals surface area contributed by atoms with Gasteiger partial charge < -0.3 is 10.4 Å². The van der Waals surface area contributed by atoms with Crippen LogP contribution in [0, 0.1) is 23.3 Å². The highest BCUT2D eigenvalue weighted by atomic mass is 32.2. The number of benzene rings is 3. The van der Waals surface area contributed by atoms with Crippen molar-refractivity contribution in [1.29, 1.82) is 0 Å². The molecule has 0 fully saturated rings. The Kier molecular flexibility index (Phi) is 6.25. The monoisotopic (exact) mass is 512 g/mol. The highest BCUT2D eigenvalue weighted by Crippen LogP contribution is 2.37. The van der Waals surface area contributed by atoms with Gasteiger partial charge in [-0.15, -0.1) is 4.28 Å². The SMILES string of the molecule is CCCNC(=O)c1c(F)c(F)c(S(=O)(=O)ON2C(=O)c3cccc4cccc(c34)C2O)c(F)c1F. The van der Waals surface area contributed by atoms with Crippen molar-refractivity contribution in [3.8, 4) is 0 Å². The Morgan fingerprint density at radius 2 is 1.66 bits per heavy atom. The molecule has 3 aromatic carbocycles. The van der Waals surface area contributed by atoms with Gasteiger partial charge in [0.25, 0.3) is 11.8 Å². The predicted molar refractivity (Wildman–Crippen MR) is 112 cm³/mol. The van der Waals surface area contributed by atoms with Crippen molar-refractivity contribution in [2.75, 3.05) is 6.54 Å². The van der Waals surface area contributed by atoms with Gasteiger partial charge in [-0.05, 0) is 17.9 Å². The number of nitrogens with zero attached hydrogens (tertiary/aromatic N) is 1. The van der Waals surface area contributed by atoms with Crippen LogP contribution in [0.25, 0.3) is 10.8 Å². The van der Waals surface area contributed by atoms with Crippen molar-refractivity contribution in [1.82, 2.24) is 10.4 Å². The van der Waals surface area contributed by atoms with Crippen LogP contribution < -0.4 is 5.32 Å². The molecule has 8 nitrogen and oxygen atoms in total. The van der Waals surface area contributed by atoms with Crippen molar-refractivity contribution in [2.45, 2.75) is 24.5 Å². The molecule has 1 unspecified atom stereocenters.